The highest BCUT2D eigenvalue weighted by Crippen LogP contribution is 2.27. The minimum absolute atomic E-state index is 0.0126. The van der Waals surface area contributed by atoms with Crippen LogP contribution in [0.1, 0.15) is 16.8 Å². The molecule has 0 saturated heterocycles. The van der Waals surface area contributed by atoms with E-state index < -0.39 is 12.1 Å². The van der Waals surface area contributed by atoms with E-state index in [4.69, 9.17) is 0 Å². The van der Waals surface area contributed by atoms with E-state index in [0.717, 1.165) is 5.56 Å². The summed E-state index contributed by atoms with van der Waals surface area (Å²) in [6, 6.07) is 9.44. The molecule has 0 bridgehead atoms. The highest BCUT2D eigenvalue weighted by molar-refractivity contribution is 9.09. The first kappa shape index (κ1) is 12.2. The Kier molecular flexibility index (Phi) is 4.78. The lowest BCUT2D eigenvalue weighted by Gasteiger charge is -2.16. The third-order valence-electron chi connectivity index (χ3n) is 2.06. The third-order valence-corrected chi connectivity index (χ3v) is 3.20. The number of methoxy groups -OCH3 is 1. The summed E-state index contributed by atoms with van der Waals surface area (Å²) in [6.45, 7) is 0. The number of alkyl halides is 1. The molecule has 0 aliphatic carbocycles. The number of esters is 1. The zero-order valence-corrected chi connectivity index (χ0v) is 9.98. The van der Waals surface area contributed by atoms with Crippen molar-refractivity contribution in [3.8, 4) is 0 Å². The van der Waals surface area contributed by atoms with Crippen LogP contribution >= 0.6 is 15.9 Å². The SMILES string of the molecule is COC(=O)C[C@@H](O)[C@@H](Br)c1ccccc1. The number of hydrogen-bond acceptors (Lipinski definition) is 3. The summed E-state index contributed by atoms with van der Waals surface area (Å²) in [5.41, 5.74) is 0.939. The standard InChI is InChI=1S/C11H13BrO3/c1-15-10(14)7-9(13)11(12)8-5-3-2-4-6-8/h2-6,9,11,13H,7H2,1H3/t9-,11+/m1/s1. The van der Waals surface area contributed by atoms with Crippen molar-refractivity contribution in [2.24, 2.45) is 0 Å². The third kappa shape index (κ3) is 3.64. The van der Waals surface area contributed by atoms with E-state index in [2.05, 4.69) is 20.7 Å². The van der Waals surface area contributed by atoms with Gasteiger partial charge in [0, 0.05) is 0 Å². The number of carbonyl (C=O) groups excluding carboxylic acids is 1. The number of rotatable bonds is 4. The molecular formula is C11H13BrO3. The number of aliphatic hydroxyl groups excluding tert-OH is 1. The highest BCUT2D eigenvalue weighted by atomic mass is 79.9. The van der Waals surface area contributed by atoms with E-state index in [1.807, 2.05) is 30.3 Å². The van der Waals surface area contributed by atoms with Crippen LogP contribution in [0.15, 0.2) is 30.3 Å². The Hall–Kier alpha value is -0.870. The first-order chi connectivity index (χ1) is 7.15. The van der Waals surface area contributed by atoms with Gasteiger partial charge in [-0.25, -0.2) is 0 Å². The molecule has 15 heavy (non-hydrogen) atoms. The van der Waals surface area contributed by atoms with Gasteiger partial charge in [0.1, 0.15) is 0 Å². The highest BCUT2D eigenvalue weighted by Gasteiger charge is 2.21. The van der Waals surface area contributed by atoms with Crippen molar-refractivity contribution in [1.29, 1.82) is 0 Å². The molecule has 0 amide bonds. The van der Waals surface area contributed by atoms with Gasteiger partial charge in [0.25, 0.3) is 0 Å². The molecule has 0 fully saturated rings. The molecule has 1 rings (SSSR count). The van der Waals surface area contributed by atoms with Gasteiger partial charge in [-0.05, 0) is 5.56 Å². The van der Waals surface area contributed by atoms with Gasteiger partial charge in [-0.1, -0.05) is 46.3 Å². The summed E-state index contributed by atoms with van der Waals surface area (Å²) in [7, 11) is 1.31. The Morgan fingerprint density at radius 2 is 2.07 bits per heavy atom. The summed E-state index contributed by atoms with van der Waals surface area (Å²) in [4.78, 5) is 10.7. The maximum atomic E-state index is 11.0. The van der Waals surface area contributed by atoms with Crippen LogP contribution in [-0.4, -0.2) is 24.3 Å². The summed E-state index contributed by atoms with van der Waals surface area (Å²) in [5.74, 6) is -0.414. The van der Waals surface area contributed by atoms with Crippen molar-refractivity contribution in [3.63, 3.8) is 0 Å². The van der Waals surface area contributed by atoms with Crippen molar-refractivity contribution < 1.29 is 14.6 Å². The summed E-state index contributed by atoms with van der Waals surface area (Å²) in [5, 5.41) is 9.72. The monoisotopic (exact) mass is 272 g/mol. The molecule has 3 nitrogen and oxygen atoms in total. The normalized spacial score (nSPS) is 14.3. The van der Waals surface area contributed by atoms with Gasteiger partial charge in [-0.15, -0.1) is 0 Å². The van der Waals surface area contributed by atoms with Gasteiger partial charge < -0.3 is 9.84 Å². The van der Waals surface area contributed by atoms with Crippen LogP contribution < -0.4 is 0 Å². The lowest BCUT2D eigenvalue weighted by Crippen LogP contribution is -2.19. The molecule has 0 heterocycles. The van der Waals surface area contributed by atoms with Crippen LogP contribution in [0.25, 0.3) is 0 Å². The fourth-order valence-corrected chi connectivity index (χ4v) is 1.71. The van der Waals surface area contributed by atoms with E-state index in [9.17, 15) is 9.90 Å². The summed E-state index contributed by atoms with van der Waals surface area (Å²) >= 11 is 3.35. The predicted molar refractivity (Wildman–Crippen MR) is 60.7 cm³/mol. The van der Waals surface area contributed by atoms with E-state index >= 15 is 0 Å². The molecular weight excluding hydrogens is 260 g/mol. The summed E-state index contributed by atoms with van der Waals surface area (Å²) in [6.07, 6.45) is -0.791. The largest absolute Gasteiger partial charge is 0.469 e. The van der Waals surface area contributed by atoms with E-state index in [0.29, 0.717) is 0 Å². The smallest absolute Gasteiger partial charge is 0.308 e. The predicted octanol–water partition coefficient (Wildman–Crippen LogP) is 2.05. The molecule has 0 saturated carbocycles. The summed E-state index contributed by atoms with van der Waals surface area (Å²) < 4.78 is 4.49. The maximum Gasteiger partial charge on any atom is 0.308 e. The molecule has 1 aromatic rings. The van der Waals surface area contributed by atoms with Gasteiger partial charge in [0.05, 0.1) is 24.5 Å². The van der Waals surface area contributed by atoms with Crippen LogP contribution in [-0.2, 0) is 9.53 Å². The molecule has 2 atom stereocenters. The van der Waals surface area contributed by atoms with Gasteiger partial charge in [0.2, 0.25) is 0 Å². The Labute approximate surface area is 97.2 Å². The van der Waals surface area contributed by atoms with Gasteiger partial charge >= 0.3 is 5.97 Å². The molecule has 0 aliphatic rings. The Morgan fingerprint density at radius 3 is 2.60 bits per heavy atom. The second-order valence-corrected chi connectivity index (χ2v) is 4.15. The minimum atomic E-state index is -0.778. The number of hydrogen-bond donors (Lipinski definition) is 1. The average molecular weight is 273 g/mol. The van der Waals surface area contributed by atoms with Gasteiger partial charge in [-0.2, -0.15) is 0 Å². The topological polar surface area (TPSA) is 46.5 Å². The zero-order valence-electron chi connectivity index (χ0n) is 8.39. The van der Waals surface area contributed by atoms with Crippen LogP contribution in [0.2, 0.25) is 0 Å². The van der Waals surface area contributed by atoms with Crippen LogP contribution in [0, 0.1) is 0 Å². The van der Waals surface area contributed by atoms with Crippen molar-refractivity contribution in [3.05, 3.63) is 35.9 Å². The average Bonchev–Trinajstić information content (AvgIpc) is 2.29. The molecule has 0 spiro atoms. The molecule has 4 heteroatoms. The second-order valence-electron chi connectivity index (χ2n) is 3.16. The number of carbonyl (C=O) groups is 1. The number of halogens is 1. The van der Waals surface area contributed by atoms with Crippen molar-refractivity contribution in [2.75, 3.05) is 7.11 Å². The zero-order chi connectivity index (χ0) is 11.3. The lowest BCUT2D eigenvalue weighted by atomic mass is 10.1. The second kappa shape index (κ2) is 5.88. The molecule has 0 aromatic heterocycles. The van der Waals surface area contributed by atoms with Gasteiger partial charge in [-0.3, -0.25) is 4.79 Å². The Balaban J connectivity index is 2.61. The Bertz CT molecular complexity index is 313. The van der Waals surface area contributed by atoms with Crippen molar-refractivity contribution >= 4 is 21.9 Å². The molecule has 0 radical (unpaired) electrons. The number of ether oxygens (including phenoxy) is 1. The maximum absolute atomic E-state index is 11.0. The van der Waals surface area contributed by atoms with Crippen LogP contribution in [0.5, 0.6) is 0 Å². The molecule has 82 valence electrons. The fraction of sp³-hybridized carbons (Fsp3) is 0.364. The van der Waals surface area contributed by atoms with Crippen molar-refractivity contribution in [1.82, 2.24) is 0 Å². The fourth-order valence-electron chi connectivity index (χ4n) is 1.22. The molecule has 0 aliphatic heterocycles. The number of benzene rings is 1. The first-order valence-corrected chi connectivity index (χ1v) is 5.50. The van der Waals surface area contributed by atoms with E-state index in [1.165, 1.54) is 7.11 Å². The number of aliphatic hydroxyl groups is 1. The Morgan fingerprint density at radius 1 is 1.47 bits per heavy atom. The lowest BCUT2D eigenvalue weighted by molar-refractivity contribution is -0.142. The van der Waals surface area contributed by atoms with Crippen LogP contribution in [0.4, 0.5) is 0 Å². The molecule has 1 aromatic carbocycles. The minimum Gasteiger partial charge on any atom is -0.469 e. The van der Waals surface area contributed by atoms with E-state index in [1.54, 1.807) is 0 Å². The van der Waals surface area contributed by atoms with Crippen molar-refractivity contribution in [2.45, 2.75) is 17.4 Å². The van der Waals surface area contributed by atoms with Crippen LogP contribution in [0.3, 0.4) is 0 Å². The van der Waals surface area contributed by atoms with E-state index in [-0.39, 0.29) is 11.2 Å². The molecule has 1 N–H and O–H groups in total. The quantitative estimate of drug-likeness (QED) is 0.674. The first-order valence-electron chi connectivity index (χ1n) is 4.59. The molecule has 0 unspecified atom stereocenters. The van der Waals surface area contributed by atoms with Gasteiger partial charge in [0.15, 0.2) is 0 Å².